The maximum Gasteiger partial charge on any atom is 0.275 e. The van der Waals surface area contributed by atoms with Crippen molar-refractivity contribution in [3.63, 3.8) is 0 Å². The van der Waals surface area contributed by atoms with Crippen LogP contribution in [0, 0.1) is 0 Å². The first-order valence-corrected chi connectivity index (χ1v) is 6.10. The van der Waals surface area contributed by atoms with Crippen molar-refractivity contribution >= 4 is 12.1 Å². The Morgan fingerprint density at radius 3 is 2.62 bits per heavy atom. The van der Waals surface area contributed by atoms with Gasteiger partial charge in [-0.05, 0) is 35.9 Å². The van der Waals surface area contributed by atoms with Crippen LogP contribution in [0.2, 0.25) is 0 Å². The van der Waals surface area contributed by atoms with Crippen LogP contribution in [0.5, 0.6) is 17.2 Å². The van der Waals surface area contributed by atoms with Crippen LogP contribution < -0.4 is 10.2 Å². The van der Waals surface area contributed by atoms with Crippen molar-refractivity contribution in [3.05, 3.63) is 53.6 Å². The Kier molecular flexibility index (Phi) is 4.40. The van der Waals surface area contributed by atoms with Gasteiger partial charge in [0.15, 0.2) is 11.5 Å². The maximum absolute atomic E-state index is 11.8. The number of phenols is 2. The number of nitrogens with zero attached hydrogens (tertiary/aromatic N) is 1. The van der Waals surface area contributed by atoms with E-state index in [1.807, 2.05) is 0 Å². The highest BCUT2D eigenvalue weighted by Crippen LogP contribution is 2.25. The molecule has 0 fully saturated rings. The molecule has 0 unspecified atom stereocenters. The summed E-state index contributed by atoms with van der Waals surface area (Å²) >= 11 is 0. The summed E-state index contributed by atoms with van der Waals surface area (Å²) in [5, 5.41) is 22.9. The van der Waals surface area contributed by atoms with Gasteiger partial charge >= 0.3 is 0 Å². The predicted molar refractivity (Wildman–Crippen MR) is 77.8 cm³/mol. The number of hydrogen-bond acceptors (Lipinski definition) is 5. The Morgan fingerprint density at radius 2 is 1.95 bits per heavy atom. The second-order valence-corrected chi connectivity index (χ2v) is 4.15. The Morgan fingerprint density at radius 1 is 1.19 bits per heavy atom. The molecular formula is C15H14N2O4. The van der Waals surface area contributed by atoms with E-state index >= 15 is 0 Å². The van der Waals surface area contributed by atoms with Crippen molar-refractivity contribution in [1.29, 1.82) is 0 Å². The van der Waals surface area contributed by atoms with Gasteiger partial charge in [0.05, 0.1) is 18.9 Å². The number of hydrogen-bond donors (Lipinski definition) is 3. The van der Waals surface area contributed by atoms with E-state index in [0.29, 0.717) is 11.3 Å². The molecule has 6 nitrogen and oxygen atoms in total. The van der Waals surface area contributed by atoms with Crippen LogP contribution in [0.1, 0.15) is 15.9 Å². The Labute approximate surface area is 121 Å². The lowest BCUT2D eigenvalue weighted by molar-refractivity contribution is 0.0952. The lowest BCUT2D eigenvalue weighted by Crippen LogP contribution is -2.17. The fourth-order valence-corrected chi connectivity index (χ4v) is 1.68. The average Bonchev–Trinajstić information content (AvgIpc) is 2.48. The minimum Gasteiger partial charge on any atom is -0.507 e. The smallest absolute Gasteiger partial charge is 0.275 e. The van der Waals surface area contributed by atoms with Crippen molar-refractivity contribution in [2.75, 3.05) is 7.11 Å². The highest BCUT2D eigenvalue weighted by Gasteiger charge is 2.08. The zero-order chi connectivity index (χ0) is 15.2. The van der Waals surface area contributed by atoms with Gasteiger partial charge in [-0.1, -0.05) is 12.1 Å². The number of para-hydroxylation sites is 1. The third-order valence-electron chi connectivity index (χ3n) is 2.73. The number of benzene rings is 2. The summed E-state index contributed by atoms with van der Waals surface area (Å²) in [6.07, 6.45) is 1.37. The fourth-order valence-electron chi connectivity index (χ4n) is 1.68. The minimum atomic E-state index is -0.526. The summed E-state index contributed by atoms with van der Waals surface area (Å²) in [6.45, 7) is 0. The molecule has 0 aromatic heterocycles. The van der Waals surface area contributed by atoms with Crippen LogP contribution in [0.25, 0.3) is 0 Å². The molecule has 0 heterocycles. The number of hydrazone groups is 1. The van der Waals surface area contributed by atoms with Gasteiger partial charge in [0.1, 0.15) is 5.75 Å². The van der Waals surface area contributed by atoms with Gasteiger partial charge in [-0.3, -0.25) is 4.79 Å². The molecule has 6 heteroatoms. The Bertz CT molecular complexity index is 683. The van der Waals surface area contributed by atoms with E-state index in [4.69, 9.17) is 4.74 Å². The molecular weight excluding hydrogens is 272 g/mol. The first kappa shape index (κ1) is 14.4. The summed E-state index contributed by atoms with van der Waals surface area (Å²) < 4.78 is 4.92. The summed E-state index contributed by atoms with van der Waals surface area (Å²) in [6, 6.07) is 10.9. The van der Waals surface area contributed by atoms with E-state index in [1.54, 1.807) is 24.3 Å². The third kappa shape index (κ3) is 3.50. The van der Waals surface area contributed by atoms with Crippen molar-refractivity contribution in [1.82, 2.24) is 5.43 Å². The van der Waals surface area contributed by atoms with Crippen molar-refractivity contribution < 1.29 is 19.7 Å². The number of amides is 1. The molecule has 0 saturated carbocycles. The second kappa shape index (κ2) is 6.42. The second-order valence-electron chi connectivity index (χ2n) is 4.15. The van der Waals surface area contributed by atoms with E-state index in [1.165, 1.54) is 31.5 Å². The van der Waals surface area contributed by atoms with Gasteiger partial charge in [-0.25, -0.2) is 5.43 Å². The SMILES string of the molecule is COc1ccc(/C=N\NC(=O)c2ccccc2O)cc1O. The summed E-state index contributed by atoms with van der Waals surface area (Å²) in [7, 11) is 1.45. The summed E-state index contributed by atoms with van der Waals surface area (Å²) in [5.74, 6) is -0.312. The Hall–Kier alpha value is -3.02. The normalized spacial score (nSPS) is 10.5. The molecule has 0 bridgehead atoms. The molecule has 2 rings (SSSR count). The third-order valence-corrected chi connectivity index (χ3v) is 2.73. The van der Waals surface area contributed by atoms with Crippen LogP contribution >= 0.6 is 0 Å². The number of carbonyl (C=O) groups excluding carboxylic acids is 1. The molecule has 0 spiro atoms. The fraction of sp³-hybridized carbons (Fsp3) is 0.0667. The zero-order valence-electron chi connectivity index (χ0n) is 11.3. The molecule has 0 atom stereocenters. The largest absolute Gasteiger partial charge is 0.507 e. The van der Waals surface area contributed by atoms with Crippen molar-refractivity contribution in [3.8, 4) is 17.2 Å². The minimum absolute atomic E-state index is 0.0199. The highest BCUT2D eigenvalue weighted by atomic mass is 16.5. The standard InChI is InChI=1S/C15H14N2O4/c1-21-14-7-6-10(8-13(14)19)9-16-17-15(20)11-4-2-3-5-12(11)18/h2-9,18-19H,1H3,(H,17,20)/b16-9-. The maximum atomic E-state index is 11.8. The molecule has 0 aliphatic rings. The van der Waals surface area contributed by atoms with Crippen molar-refractivity contribution in [2.24, 2.45) is 5.10 Å². The van der Waals surface area contributed by atoms with E-state index < -0.39 is 5.91 Å². The van der Waals surface area contributed by atoms with Crippen LogP contribution in [-0.4, -0.2) is 29.4 Å². The highest BCUT2D eigenvalue weighted by molar-refractivity contribution is 5.97. The molecule has 108 valence electrons. The van der Waals surface area contributed by atoms with Gasteiger partial charge in [0.25, 0.3) is 5.91 Å². The molecule has 0 aliphatic heterocycles. The Balaban J connectivity index is 2.04. The molecule has 3 N–H and O–H groups in total. The predicted octanol–water partition coefficient (Wildman–Crippen LogP) is 1.87. The monoisotopic (exact) mass is 286 g/mol. The number of nitrogens with one attached hydrogen (secondary N) is 1. The number of methoxy groups -OCH3 is 1. The number of aromatic hydroxyl groups is 2. The topological polar surface area (TPSA) is 91.2 Å². The first-order chi connectivity index (χ1) is 10.1. The summed E-state index contributed by atoms with van der Waals surface area (Å²) in [5.41, 5.74) is 3.01. The molecule has 2 aromatic carbocycles. The summed E-state index contributed by atoms with van der Waals surface area (Å²) in [4.78, 5) is 11.8. The number of carbonyl (C=O) groups is 1. The quantitative estimate of drug-likeness (QED) is 0.591. The van der Waals surface area contributed by atoms with E-state index in [0.717, 1.165) is 0 Å². The van der Waals surface area contributed by atoms with Gasteiger partial charge in [0.2, 0.25) is 0 Å². The van der Waals surface area contributed by atoms with Gasteiger partial charge in [-0.2, -0.15) is 5.10 Å². The molecule has 0 saturated heterocycles. The number of phenolic OH excluding ortho intramolecular Hbond substituents is 2. The molecule has 21 heavy (non-hydrogen) atoms. The molecule has 2 aromatic rings. The molecule has 0 radical (unpaired) electrons. The molecule has 0 aliphatic carbocycles. The molecule has 1 amide bonds. The van der Waals surface area contributed by atoms with E-state index in [9.17, 15) is 15.0 Å². The van der Waals surface area contributed by atoms with Crippen LogP contribution in [-0.2, 0) is 0 Å². The van der Waals surface area contributed by atoms with Crippen LogP contribution in [0.4, 0.5) is 0 Å². The average molecular weight is 286 g/mol. The number of rotatable bonds is 4. The van der Waals surface area contributed by atoms with E-state index in [2.05, 4.69) is 10.5 Å². The lowest BCUT2D eigenvalue weighted by atomic mass is 10.2. The van der Waals surface area contributed by atoms with Gasteiger partial charge in [-0.15, -0.1) is 0 Å². The first-order valence-electron chi connectivity index (χ1n) is 6.10. The zero-order valence-corrected chi connectivity index (χ0v) is 11.3. The number of ether oxygens (including phenoxy) is 1. The van der Waals surface area contributed by atoms with Crippen LogP contribution in [0.15, 0.2) is 47.6 Å². The van der Waals surface area contributed by atoms with Crippen molar-refractivity contribution in [2.45, 2.75) is 0 Å². The van der Waals surface area contributed by atoms with E-state index in [-0.39, 0.29) is 17.1 Å². The van der Waals surface area contributed by atoms with Crippen LogP contribution in [0.3, 0.4) is 0 Å². The lowest BCUT2D eigenvalue weighted by Gasteiger charge is -2.04. The van der Waals surface area contributed by atoms with Gasteiger partial charge < -0.3 is 14.9 Å². The van der Waals surface area contributed by atoms with Gasteiger partial charge in [0, 0.05) is 0 Å².